The first-order chi connectivity index (χ1) is 9.38. The lowest BCUT2D eigenvalue weighted by molar-refractivity contribution is -0.0343. The van der Waals surface area contributed by atoms with Crippen molar-refractivity contribution in [1.82, 2.24) is 4.90 Å². The standard InChI is InChI=1S/C16H23NO2/c18-12-15-11-17(14-9-5-2-6-10-14)16(19-15)13-7-3-1-4-8-13/h1,3-4,7-8,14-16,18H,2,5-6,9-12H2/t15-,16-/m1/s1. The van der Waals surface area contributed by atoms with Crippen molar-refractivity contribution in [2.75, 3.05) is 13.2 Å². The Morgan fingerprint density at radius 2 is 1.84 bits per heavy atom. The molecule has 1 heterocycles. The van der Waals surface area contributed by atoms with Crippen molar-refractivity contribution in [2.24, 2.45) is 0 Å². The van der Waals surface area contributed by atoms with Crippen molar-refractivity contribution in [1.29, 1.82) is 0 Å². The van der Waals surface area contributed by atoms with Crippen LogP contribution in [-0.4, -0.2) is 35.3 Å². The zero-order valence-corrected chi connectivity index (χ0v) is 11.4. The number of benzene rings is 1. The van der Waals surface area contributed by atoms with Crippen LogP contribution in [0.3, 0.4) is 0 Å². The number of aliphatic hydroxyl groups is 1. The van der Waals surface area contributed by atoms with E-state index in [4.69, 9.17) is 4.74 Å². The third kappa shape index (κ3) is 2.83. The summed E-state index contributed by atoms with van der Waals surface area (Å²) in [6, 6.07) is 11.0. The van der Waals surface area contributed by atoms with Gasteiger partial charge in [0.05, 0.1) is 12.7 Å². The van der Waals surface area contributed by atoms with Crippen molar-refractivity contribution in [3.8, 4) is 0 Å². The molecule has 2 aliphatic rings. The summed E-state index contributed by atoms with van der Waals surface area (Å²) in [5.74, 6) is 0. The highest BCUT2D eigenvalue weighted by Gasteiger charge is 2.37. The van der Waals surface area contributed by atoms with Crippen LogP contribution in [-0.2, 0) is 4.74 Å². The molecule has 1 aliphatic carbocycles. The van der Waals surface area contributed by atoms with Gasteiger partial charge in [-0.2, -0.15) is 0 Å². The zero-order chi connectivity index (χ0) is 13.1. The largest absolute Gasteiger partial charge is 0.394 e. The second-order valence-electron chi connectivity index (χ2n) is 5.69. The molecular weight excluding hydrogens is 238 g/mol. The lowest BCUT2D eigenvalue weighted by atomic mass is 9.93. The third-order valence-electron chi connectivity index (χ3n) is 4.37. The smallest absolute Gasteiger partial charge is 0.137 e. The molecule has 0 aromatic heterocycles. The van der Waals surface area contributed by atoms with E-state index in [0.717, 1.165) is 6.54 Å². The highest BCUT2D eigenvalue weighted by atomic mass is 16.5. The molecule has 3 heteroatoms. The molecule has 1 N–H and O–H groups in total. The van der Waals surface area contributed by atoms with Gasteiger partial charge in [0.15, 0.2) is 0 Å². The second-order valence-corrected chi connectivity index (χ2v) is 5.69. The van der Waals surface area contributed by atoms with Crippen LogP contribution in [0, 0.1) is 0 Å². The fraction of sp³-hybridized carbons (Fsp3) is 0.625. The normalized spacial score (nSPS) is 29.7. The van der Waals surface area contributed by atoms with Gasteiger partial charge in [0.25, 0.3) is 0 Å². The number of nitrogens with zero attached hydrogens (tertiary/aromatic N) is 1. The van der Waals surface area contributed by atoms with Gasteiger partial charge in [0, 0.05) is 12.6 Å². The van der Waals surface area contributed by atoms with Crippen LogP contribution >= 0.6 is 0 Å². The molecule has 0 bridgehead atoms. The molecule has 2 atom stereocenters. The average Bonchev–Trinajstić information content (AvgIpc) is 2.93. The average molecular weight is 261 g/mol. The van der Waals surface area contributed by atoms with Crippen molar-refractivity contribution < 1.29 is 9.84 Å². The lowest BCUT2D eigenvalue weighted by Gasteiger charge is -2.34. The van der Waals surface area contributed by atoms with Crippen LogP contribution in [0.15, 0.2) is 30.3 Å². The van der Waals surface area contributed by atoms with E-state index in [9.17, 15) is 5.11 Å². The van der Waals surface area contributed by atoms with E-state index in [2.05, 4.69) is 29.2 Å². The van der Waals surface area contributed by atoms with Crippen LogP contribution in [0.25, 0.3) is 0 Å². The van der Waals surface area contributed by atoms with Gasteiger partial charge >= 0.3 is 0 Å². The third-order valence-corrected chi connectivity index (χ3v) is 4.37. The summed E-state index contributed by atoms with van der Waals surface area (Å²) >= 11 is 0. The van der Waals surface area contributed by atoms with E-state index < -0.39 is 0 Å². The Morgan fingerprint density at radius 3 is 2.53 bits per heavy atom. The molecule has 3 rings (SSSR count). The van der Waals surface area contributed by atoms with Crippen LogP contribution in [0.5, 0.6) is 0 Å². The highest BCUT2D eigenvalue weighted by molar-refractivity contribution is 5.18. The maximum Gasteiger partial charge on any atom is 0.137 e. The fourth-order valence-electron chi connectivity index (χ4n) is 3.38. The minimum atomic E-state index is -0.0351. The molecule has 1 saturated carbocycles. The Morgan fingerprint density at radius 1 is 1.11 bits per heavy atom. The van der Waals surface area contributed by atoms with Crippen LogP contribution in [0.4, 0.5) is 0 Å². The van der Waals surface area contributed by atoms with Gasteiger partial charge in [0.1, 0.15) is 6.23 Å². The molecule has 19 heavy (non-hydrogen) atoms. The molecule has 0 radical (unpaired) electrons. The Kier molecular flexibility index (Phi) is 4.16. The monoisotopic (exact) mass is 261 g/mol. The summed E-state index contributed by atoms with van der Waals surface area (Å²) in [5, 5.41) is 9.40. The predicted octanol–water partition coefficient (Wildman–Crippen LogP) is 2.71. The fourth-order valence-corrected chi connectivity index (χ4v) is 3.38. The van der Waals surface area contributed by atoms with Gasteiger partial charge in [-0.3, -0.25) is 4.90 Å². The first kappa shape index (κ1) is 13.1. The zero-order valence-electron chi connectivity index (χ0n) is 11.4. The molecule has 1 aliphatic heterocycles. The van der Waals surface area contributed by atoms with E-state index >= 15 is 0 Å². The first-order valence-corrected chi connectivity index (χ1v) is 7.45. The highest BCUT2D eigenvalue weighted by Crippen LogP contribution is 2.36. The molecule has 1 aromatic rings. The number of rotatable bonds is 3. The molecule has 3 nitrogen and oxygen atoms in total. The van der Waals surface area contributed by atoms with Gasteiger partial charge < -0.3 is 9.84 Å². The van der Waals surface area contributed by atoms with E-state index in [0.29, 0.717) is 6.04 Å². The van der Waals surface area contributed by atoms with E-state index in [1.54, 1.807) is 0 Å². The van der Waals surface area contributed by atoms with Crippen LogP contribution < -0.4 is 0 Å². The van der Waals surface area contributed by atoms with Crippen molar-refractivity contribution >= 4 is 0 Å². The Bertz CT molecular complexity index is 389. The number of hydrogen-bond donors (Lipinski definition) is 1. The molecule has 1 saturated heterocycles. The van der Waals surface area contributed by atoms with Gasteiger partial charge in [-0.25, -0.2) is 0 Å². The maximum atomic E-state index is 9.40. The summed E-state index contributed by atoms with van der Waals surface area (Å²) in [5.41, 5.74) is 1.21. The first-order valence-electron chi connectivity index (χ1n) is 7.45. The number of aliphatic hydroxyl groups excluding tert-OH is 1. The van der Waals surface area contributed by atoms with Crippen molar-refractivity contribution in [3.63, 3.8) is 0 Å². The van der Waals surface area contributed by atoms with E-state index in [1.807, 2.05) is 6.07 Å². The second kappa shape index (κ2) is 6.04. The topological polar surface area (TPSA) is 32.7 Å². The lowest BCUT2D eigenvalue weighted by Crippen LogP contribution is -2.37. The quantitative estimate of drug-likeness (QED) is 0.908. The van der Waals surface area contributed by atoms with Crippen molar-refractivity contribution in [2.45, 2.75) is 50.5 Å². The number of ether oxygens (including phenoxy) is 1. The SMILES string of the molecule is OC[C@H]1CN(C2CCCCC2)[C@@H](c2ccccc2)O1. The van der Waals surface area contributed by atoms with Gasteiger partial charge in [-0.15, -0.1) is 0 Å². The van der Waals surface area contributed by atoms with Gasteiger partial charge in [0.2, 0.25) is 0 Å². The maximum absolute atomic E-state index is 9.40. The summed E-state index contributed by atoms with van der Waals surface area (Å²) in [4.78, 5) is 2.47. The van der Waals surface area contributed by atoms with Gasteiger partial charge in [-0.1, -0.05) is 49.6 Å². The van der Waals surface area contributed by atoms with Crippen molar-refractivity contribution in [3.05, 3.63) is 35.9 Å². The summed E-state index contributed by atoms with van der Waals surface area (Å²) < 4.78 is 6.04. The summed E-state index contributed by atoms with van der Waals surface area (Å²) in [6.07, 6.45) is 6.55. The summed E-state index contributed by atoms with van der Waals surface area (Å²) in [7, 11) is 0. The van der Waals surface area contributed by atoms with E-state index in [-0.39, 0.29) is 18.9 Å². The Labute approximate surface area is 115 Å². The molecule has 0 spiro atoms. The van der Waals surface area contributed by atoms with Gasteiger partial charge in [-0.05, 0) is 18.4 Å². The molecule has 104 valence electrons. The molecule has 0 unspecified atom stereocenters. The Hall–Kier alpha value is -0.900. The predicted molar refractivity (Wildman–Crippen MR) is 74.7 cm³/mol. The molecule has 0 amide bonds. The molecule has 2 fully saturated rings. The minimum Gasteiger partial charge on any atom is -0.394 e. The molecule has 1 aromatic carbocycles. The summed E-state index contributed by atoms with van der Waals surface area (Å²) in [6.45, 7) is 0.979. The van der Waals surface area contributed by atoms with Crippen LogP contribution in [0.1, 0.15) is 43.9 Å². The minimum absolute atomic E-state index is 0.0291. The molecular formula is C16H23NO2. The number of hydrogen-bond acceptors (Lipinski definition) is 3. The van der Waals surface area contributed by atoms with E-state index in [1.165, 1.54) is 37.7 Å². The van der Waals surface area contributed by atoms with Crippen LogP contribution in [0.2, 0.25) is 0 Å². The Balaban J connectivity index is 1.79.